The molecule has 0 atom stereocenters. The Kier molecular flexibility index (Phi) is 8.58. The molecule has 0 unspecified atom stereocenters. The molecule has 0 bridgehead atoms. The van der Waals surface area contributed by atoms with Gasteiger partial charge in [0.25, 0.3) is 0 Å². The van der Waals surface area contributed by atoms with Crippen molar-refractivity contribution in [2.75, 3.05) is 4.90 Å². The summed E-state index contributed by atoms with van der Waals surface area (Å²) in [5.74, 6) is 0. The van der Waals surface area contributed by atoms with Gasteiger partial charge >= 0.3 is 0 Å². The molecule has 0 heterocycles. The van der Waals surface area contributed by atoms with Crippen molar-refractivity contribution >= 4 is 17.1 Å². The third kappa shape index (κ3) is 5.99. The Morgan fingerprint density at radius 1 is 0.279 bits per heavy atom. The third-order valence-electron chi connectivity index (χ3n) is 13.5. The molecular weight excluding hydrogens is 735 g/mol. The number of fused-ring (bicyclic) bond motifs is 6. The van der Waals surface area contributed by atoms with Gasteiger partial charge in [-0.15, -0.1) is 0 Å². The highest BCUT2D eigenvalue weighted by Crippen LogP contribution is 2.54. The highest BCUT2D eigenvalue weighted by atomic mass is 15.1. The summed E-state index contributed by atoms with van der Waals surface area (Å²) in [7, 11) is 0. The first kappa shape index (κ1) is 36.8. The predicted octanol–water partition coefficient (Wildman–Crippen LogP) is 16.4. The second-order valence-corrected chi connectivity index (χ2v) is 17.7. The fraction of sp³-hybridized carbons (Fsp3) is 0.100. The largest absolute Gasteiger partial charge is 0.310 e. The lowest BCUT2D eigenvalue weighted by Crippen LogP contribution is -2.17. The predicted molar refractivity (Wildman–Crippen MR) is 258 cm³/mol. The average Bonchev–Trinajstić information content (AvgIpc) is 3.69. The summed E-state index contributed by atoms with van der Waals surface area (Å²) in [5, 5.41) is 0. The Labute approximate surface area is 360 Å². The third-order valence-corrected chi connectivity index (χ3v) is 13.5. The van der Waals surface area contributed by atoms with Crippen LogP contribution in [-0.2, 0) is 10.8 Å². The van der Waals surface area contributed by atoms with E-state index in [1.54, 1.807) is 0 Å². The molecule has 11 rings (SSSR count). The molecule has 0 aliphatic heterocycles. The highest BCUT2D eigenvalue weighted by molar-refractivity contribution is 5.93. The van der Waals surface area contributed by atoms with Crippen molar-refractivity contribution in [3.05, 3.63) is 235 Å². The molecule has 0 amide bonds. The van der Waals surface area contributed by atoms with Gasteiger partial charge in [0.05, 0.1) is 5.69 Å². The quantitative estimate of drug-likeness (QED) is 0.156. The highest BCUT2D eigenvalue weighted by Gasteiger charge is 2.38. The van der Waals surface area contributed by atoms with Crippen molar-refractivity contribution in [1.82, 2.24) is 0 Å². The van der Waals surface area contributed by atoms with Gasteiger partial charge in [-0.05, 0) is 114 Å². The van der Waals surface area contributed by atoms with Crippen LogP contribution in [0.2, 0.25) is 0 Å². The van der Waals surface area contributed by atoms with Crippen molar-refractivity contribution in [1.29, 1.82) is 0 Å². The van der Waals surface area contributed by atoms with Crippen LogP contribution in [0.5, 0.6) is 0 Å². The fourth-order valence-electron chi connectivity index (χ4n) is 10.4. The van der Waals surface area contributed by atoms with Gasteiger partial charge < -0.3 is 4.90 Å². The molecule has 2 aliphatic rings. The fourth-order valence-corrected chi connectivity index (χ4v) is 10.4. The summed E-state index contributed by atoms with van der Waals surface area (Å²) in [6.07, 6.45) is 0. The van der Waals surface area contributed by atoms with Crippen molar-refractivity contribution in [3.8, 4) is 66.8 Å². The molecule has 0 saturated heterocycles. The van der Waals surface area contributed by atoms with E-state index in [9.17, 15) is 0 Å². The minimum absolute atomic E-state index is 0.124. The van der Waals surface area contributed by atoms with Gasteiger partial charge in [0.2, 0.25) is 0 Å². The molecule has 0 fully saturated rings. The average molecular weight is 782 g/mol. The minimum atomic E-state index is -0.130. The van der Waals surface area contributed by atoms with Gasteiger partial charge in [-0.1, -0.05) is 210 Å². The Morgan fingerprint density at radius 3 is 1.43 bits per heavy atom. The lowest BCUT2D eigenvalue weighted by atomic mass is 9.79. The van der Waals surface area contributed by atoms with E-state index >= 15 is 0 Å². The maximum absolute atomic E-state index is 2.48. The van der Waals surface area contributed by atoms with Crippen molar-refractivity contribution in [2.24, 2.45) is 0 Å². The summed E-state index contributed by atoms with van der Waals surface area (Å²) in [5.41, 5.74) is 23.7. The van der Waals surface area contributed by atoms with Crippen LogP contribution in [0.25, 0.3) is 66.8 Å². The van der Waals surface area contributed by atoms with Crippen LogP contribution in [-0.4, -0.2) is 0 Å². The standard InChI is InChI=1S/C60H47N/c1-59(2)54-25-11-8-21-50(54)52-37-36-47(39-56(52)59)61(46-19-14-18-45(38-46)49-23-15-24-53-51-22-9-12-26-55(51)60(3,4)58(49)53)57-27-13-10-20-48(57)44-34-32-43(33-35-44)42-30-28-41(29-31-42)40-16-6-5-7-17-40/h5-39H,1-4H3. The summed E-state index contributed by atoms with van der Waals surface area (Å²) in [6, 6.07) is 78.5. The number of nitrogens with zero attached hydrogens (tertiary/aromatic N) is 1. The maximum atomic E-state index is 2.48. The summed E-state index contributed by atoms with van der Waals surface area (Å²) in [4.78, 5) is 2.48. The number of hydrogen-bond donors (Lipinski definition) is 0. The van der Waals surface area contributed by atoms with Gasteiger partial charge in [0, 0.05) is 27.8 Å². The topological polar surface area (TPSA) is 3.24 Å². The Bertz CT molecular complexity index is 3110. The monoisotopic (exact) mass is 781 g/mol. The van der Waals surface area contributed by atoms with E-state index in [1.807, 2.05) is 0 Å². The van der Waals surface area contributed by atoms with Crippen LogP contribution in [0.15, 0.2) is 212 Å². The van der Waals surface area contributed by atoms with Crippen LogP contribution < -0.4 is 4.90 Å². The number of benzene rings is 9. The van der Waals surface area contributed by atoms with Crippen LogP contribution >= 0.6 is 0 Å². The van der Waals surface area contributed by atoms with E-state index in [4.69, 9.17) is 0 Å². The first-order valence-electron chi connectivity index (χ1n) is 21.5. The zero-order valence-electron chi connectivity index (χ0n) is 35.2. The minimum Gasteiger partial charge on any atom is -0.310 e. The zero-order chi connectivity index (χ0) is 41.3. The van der Waals surface area contributed by atoms with E-state index in [0.717, 1.165) is 17.1 Å². The second kappa shape index (κ2) is 14.2. The normalized spacial score (nSPS) is 13.8. The number of rotatable bonds is 7. The van der Waals surface area contributed by atoms with E-state index in [2.05, 4.69) is 245 Å². The molecule has 292 valence electrons. The zero-order valence-corrected chi connectivity index (χ0v) is 35.2. The van der Waals surface area contributed by atoms with Crippen LogP contribution in [0.3, 0.4) is 0 Å². The van der Waals surface area contributed by atoms with E-state index < -0.39 is 0 Å². The summed E-state index contributed by atoms with van der Waals surface area (Å²) in [6.45, 7) is 9.49. The first-order chi connectivity index (χ1) is 29.8. The molecule has 1 nitrogen and oxygen atoms in total. The summed E-state index contributed by atoms with van der Waals surface area (Å²) >= 11 is 0. The van der Waals surface area contributed by atoms with E-state index in [-0.39, 0.29) is 10.8 Å². The Hall–Kier alpha value is -7.22. The smallest absolute Gasteiger partial charge is 0.0540 e. The molecule has 0 N–H and O–H groups in total. The molecule has 61 heavy (non-hydrogen) atoms. The molecule has 0 radical (unpaired) electrons. The van der Waals surface area contributed by atoms with Crippen molar-refractivity contribution in [3.63, 3.8) is 0 Å². The number of para-hydroxylation sites is 1. The summed E-state index contributed by atoms with van der Waals surface area (Å²) < 4.78 is 0. The molecule has 0 spiro atoms. The molecule has 0 aromatic heterocycles. The lowest BCUT2D eigenvalue weighted by molar-refractivity contribution is 0.660. The number of anilines is 3. The molecule has 1 heteroatoms. The van der Waals surface area contributed by atoms with Gasteiger partial charge in [-0.2, -0.15) is 0 Å². The Morgan fingerprint density at radius 2 is 0.738 bits per heavy atom. The second-order valence-electron chi connectivity index (χ2n) is 17.7. The van der Waals surface area contributed by atoms with Crippen LogP contribution in [0.1, 0.15) is 49.9 Å². The molecule has 0 saturated carbocycles. The first-order valence-corrected chi connectivity index (χ1v) is 21.5. The van der Waals surface area contributed by atoms with Gasteiger partial charge in [0.15, 0.2) is 0 Å². The van der Waals surface area contributed by atoms with Crippen molar-refractivity contribution in [2.45, 2.75) is 38.5 Å². The SMILES string of the molecule is CC1(C)c2ccccc2-c2ccc(N(c3cccc(-c4cccc5c4C(C)(C)c4ccccc4-5)c3)c3ccccc3-c3ccc(-c4ccc(-c5ccccc5)cc4)cc3)cc21. The maximum Gasteiger partial charge on any atom is 0.0540 e. The van der Waals surface area contributed by atoms with Gasteiger partial charge in [0.1, 0.15) is 0 Å². The van der Waals surface area contributed by atoms with Crippen LogP contribution in [0.4, 0.5) is 17.1 Å². The lowest BCUT2D eigenvalue weighted by Gasteiger charge is -2.30. The molecule has 2 aliphatic carbocycles. The van der Waals surface area contributed by atoms with Crippen molar-refractivity contribution < 1.29 is 0 Å². The number of hydrogen-bond acceptors (Lipinski definition) is 1. The van der Waals surface area contributed by atoms with Gasteiger partial charge in [-0.3, -0.25) is 0 Å². The van der Waals surface area contributed by atoms with Crippen LogP contribution in [0, 0.1) is 0 Å². The Balaban J connectivity index is 1.04. The van der Waals surface area contributed by atoms with Gasteiger partial charge in [-0.25, -0.2) is 0 Å². The molecule has 9 aromatic rings. The molecular formula is C60H47N. The molecule has 9 aromatic carbocycles. The van der Waals surface area contributed by atoms with E-state index in [1.165, 1.54) is 89.0 Å². The van der Waals surface area contributed by atoms with E-state index in [0.29, 0.717) is 0 Å².